The van der Waals surface area contributed by atoms with Crippen molar-refractivity contribution in [3.05, 3.63) is 60.4 Å². The highest BCUT2D eigenvalue weighted by atomic mass is 127. The molecule has 162 valence electrons. The fourth-order valence-corrected chi connectivity index (χ4v) is 3.51. The summed E-state index contributed by atoms with van der Waals surface area (Å²) in [7, 11) is 0. The highest BCUT2D eigenvalue weighted by Crippen LogP contribution is 2.24. The van der Waals surface area contributed by atoms with Crippen LogP contribution in [0.3, 0.4) is 0 Å². The zero-order valence-electron chi connectivity index (χ0n) is 17.4. The molecule has 30 heavy (non-hydrogen) atoms. The first-order valence-electron chi connectivity index (χ1n) is 10.3. The van der Waals surface area contributed by atoms with Crippen molar-refractivity contribution in [2.75, 3.05) is 38.0 Å². The number of carbonyl (C=O) groups excluding carboxylic acids is 1. The molecule has 0 bridgehead atoms. The SMILES string of the molecule is CCNC(=NCC(=O)Nc1cccnc1)NCC(c1ccccc1)N1CCCC1.I. The number of halogens is 1. The zero-order chi connectivity index (χ0) is 20.3. The number of benzene rings is 1. The minimum absolute atomic E-state index is 0. The van der Waals surface area contributed by atoms with Gasteiger partial charge in [-0.1, -0.05) is 30.3 Å². The van der Waals surface area contributed by atoms with E-state index >= 15 is 0 Å². The summed E-state index contributed by atoms with van der Waals surface area (Å²) >= 11 is 0. The first kappa shape index (κ1) is 24.1. The van der Waals surface area contributed by atoms with Gasteiger partial charge < -0.3 is 16.0 Å². The summed E-state index contributed by atoms with van der Waals surface area (Å²) in [6, 6.07) is 14.4. The van der Waals surface area contributed by atoms with Gasteiger partial charge in [-0.2, -0.15) is 0 Å². The molecule has 1 unspecified atom stereocenters. The van der Waals surface area contributed by atoms with E-state index in [1.807, 2.05) is 13.0 Å². The van der Waals surface area contributed by atoms with Crippen molar-refractivity contribution in [2.24, 2.45) is 4.99 Å². The first-order chi connectivity index (χ1) is 14.3. The number of anilines is 1. The molecule has 7 nitrogen and oxygen atoms in total. The van der Waals surface area contributed by atoms with E-state index in [-0.39, 0.29) is 42.5 Å². The summed E-state index contributed by atoms with van der Waals surface area (Å²) in [5.41, 5.74) is 1.97. The van der Waals surface area contributed by atoms with Gasteiger partial charge >= 0.3 is 0 Å². The van der Waals surface area contributed by atoms with Crippen LogP contribution in [0.2, 0.25) is 0 Å². The lowest BCUT2D eigenvalue weighted by Crippen LogP contribution is -2.43. The van der Waals surface area contributed by atoms with Crippen molar-refractivity contribution in [3.8, 4) is 0 Å². The smallest absolute Gasteiger partial charge is 0.246 e. The Balaban J connectivity index is 0.00000320. The van der Waals surface area contributed by atoms with Crippen LogP contribution in [-0.4, -0.2) is 54.5 Å². The maximum absolute atomic E-state index is 12.2. The van der Waals surface area contributed by atoms with Crippen LogP contribution in [0.25, 0.3) is 0 Å². The van der Waals surface area contributed by atoms with E-state index in [4.69, 9.17) is 0 Å². The quantitative estimate of drug-likeness (QED) is 0.282. The van der Waals surface area contributed by atoms with Crippen LogP contribution in [0.1, 0.15) is 31.4 Å². The first-order valence-corrected chi connectivity index (χ1v) is 10.3. The molecule has 1 aromatic carbocycles. The highest BCUT2D eigenvalue weighted by molar-refractivity contribution is 14.0. The molecule has 1 aliphatic rings. The summed E-state index contributed by atoms with van der Waals surface area (Å²) in [6.45, 7) is 5.76. The van der Waals surface area contributed by atoms with Crippen LogP contribution in [0, 0.1) is 0 Å². The number of aliphatic imine (C=N–C) groups is 1. The number of hydrogen-bond acceptors (Lipinski definition) is 4. The van der Waals surface area contributed by atoms with Gasteiger partial charge in [-0.15, -0.1) is 24.0 Å². The second-order valence-electron chi connectivity index (χ2n) is 7.04. The van der Waals surface area contributed by atoms with Crippen LogP contribution in [0.4, 0.5) is 5.69 Å². The number of likely N-dealkylation sites (tertiary alicyclic amines) is 1. The van der Waals surface area contributed by atoms with Crippen molar-refractivity contribution in [1.82, 2.24) is 20.5 Å². The number of carbonyl (C=O) groups is 1. The second kappa shape index (κ2) is 13.2. The lowest BCUT2D eigenvalue weighted by Gasteiger charge is -2.29. The number of nitrogens with one attached hydrogen (secondary N) is 3. The molecule has 8 heteroatoms. The van der Waals surface area contributed by atoms with E-state index < -0.39 is 0 Å². The molecular weight excluding hydrogens is 491 g/mol. The summed E-state index contributed by atoms with van der Waals surface area (Å²) in [5, 5.41) is 9.45. The van der Waals surface area contributed by atoms with Crippen LogP contribution in [0.15, 0.2) is 59.9 Å². The van der Waals surface area contributed by atoms with Crippen molar-refractivity contribution >= 4 is 41.5 Å². The molecule has 1 aliphatic heterocycles. The van der Waals surface area contributed by atoms with Gasteiger partial charge in [-0.05, 0) is 50.6 Å². The molecule has 0 aliphatic carbocycles. The van der Waals surface area contributed by atoms with E-state index in [0.29, 0.717) is 11.6 Å². The summed E-state index contributed by atoms with van der Waals surface area (Å²) < 4.78 is 0. The summed E-state index contributed by atoms with van der Waals surface area (Å²) in [6.07, 6.45) is 5.77. The number of guanidine groups is 1. The number of aromatic nitrogens is 1. The fourth-order valence-electron chi connectivity index (χ4n) is 3.51. The maximum atomic E-state index is 12.2. The minimum atomic E-state index is -0.172. The number of pyridine rings is 1. The van der Waals surface area contributed by atoms with Gasteiger partial charge in [0.2, 0.25) is 5.91 Å². The average molecular weight is 522 g/mol. The molecule has 0 saturated carbocycles. The molecule has 3 N–H and O–H groups in total. The predicted octanol–water partition coefficient (Wildman–Crippen LogP) is 3.03. The Bertz CT molecular complexity index is 781. The second-order valence-corrected chi connectivity index (χ2v) is 7.04. The van der Waals surface area contributed by atoms with Gasteiger partial charge in [0.05, 0.1) is 17.9 Å². The molecule has 1 fully saturated rings. The molecule has 1 saturated heterocycles. The van der Waals surface area contributed by atoms with Crippen molar-refractivity contribution < 1.29 is 4.79 Å². The fraction of sp³-hybridized carbons (Fsp3) is 0.409. The molecule has 0 radical (unpaired) electrons. The van der Waals surface area contributed by atoms with Crippen molar-refractivity contribution in [1.29, 1.82) is 0 Å². The van der Waals surface area contributed by atoms with E-state index in [2.05, 4.69) is 55.1 Å². The van der Waals surface area contributed by atoms with Crippen LogP contribution in [-0.2, 0) is 4.79 Å². The summed E-state index contributed by atoms with van der Waals surface area (Å²) in [4.78, 5) is 23.1. The lowest BCUT2D eigenvalue weighted by molar-refractivity contribution is -0.114. The molecule has 2 heterocycles. The number of hydrogen-bond donors (Lipinski definition) is 3. The van der Waals surface area contributed by atoms with Gasteiger partial charge in [0, 0.05) is 19.3 Å². The van der Waals surface area contributed by atoms with Crippen molar-refractivity contribution in [2.45, 2.75) is 25.8 Å². The van der Waals surface area contributed by atoms with Crippen molar-refractivity contribution in [3.63, 3.8) is 0 Å². The Hall–Kier alpha value is -2.20. The van der Waals surface area contributed by atoms with Crippen LogP contribution in [0.5, 0.6) is 0 Å². The third kappa shape index (κ3) is 7.56. The molecule has 1 amide bonds. The highest BCUT2D eigenvalue weighted by Gasteiger charge is 2.23. The van der Waals surface area contributed by atoms with E-state index in [9.17, 15) is 4.79 Å². The van der Waals surface area contributed by atoms with Gasteiger partial charge in [-0.3, -0.25) is 14.7 Å². The molecule has 1 aromatic heterocycles. The lowest BCUT2D eigenvalue weighted by atomic mass is 10.1. The van der Waals surface area contributed by atoms with Gasteiger partial charge in [0.25, 0.3) is 0 Å². The van der Waals surface area contributed by atoms with Crippen LogP contribution < -0.4 is 16.0 Å². The number of nitrogens with zero attached hydrogens (tertiary/aromatic N) is 3. The van der Waals surface area contributed by atoms with Gasteiger partial charge in [-0.25, -0.2) is 4.99 Å². The largest absolute Gasteiger partial charge is 0.357 e. The Labute approximate surface area is 195 Å². The average Bonchev–Trinajstić information content (AvgIpc) is 3.28. The van der Waals surface area contributed by atoms with Crippen LogP contribution >= 0.6 is 24.0 Å². The Morgan fingerprint density at radius 1 is 1.13 bits per heavy atom. The normalized spacial score (nSPS) is 15.2. The molecule has 1 atom stereocenters. The number of rotatable bonds is 8. The summed E-state index contributed by atoms with van der Waals surface area (Å²) in [5.74, 6) is 0.475. The molecule has 2 aromatic rings. The molecule has 3 rings (SSSR count). The monoisotopic (exact) mass is 522 g/mol. The Kier molecular flexibility index (Phi) is 10.6. The standard InChI is InChI=1S/C22H30N6O.HI/c1-2-24-22(26-17-21(29)27-19-11-8-12-23-15-19)25-16-20(28-13-6-7-14-28)18-9-4-3-5-10-18;/h3-5,8-12,15,20H,2,6-7,13-14,16-17H2,1H3,(H,27,29)(H2,24,25,26);1H. The zero-order valence-corrected chi connectivity index (χ0v) is 19.7. The van der Waals surface area contributed by atoms with E-state index in [1.54, 1.807) is 24.5 Å². The Morgan fingerprint density at radius 2 is 1.90 bits per heavy atom. The van der Waals surface area contributed by atoms with Gasteiger partial charge in [0.1, 0.15) is 6.54 Å². The van der Waals surface area contributed by atoms with E-state index in [0.717, 1.165) is 26.2 Å². The molecular formula is C22H31IN6O. The predicted molar refractivity (Wildman–Crippen MR) is 132 cm³/mol. The topological polar surface area (TPSA) is 81.6 Å². The third-order valence-electron chi connectivity index (χ3n) is 4.90. The Morgan fingerprint density at radius 3 is 2.57 bits per heavy atom. The van der Waals surface area contributed by atoms with Gasteiger partial charge in [0.15, 0.2) is 5.96 Å². The number of amides is 1. The minimum Gasteiger partial charge on any atom is -0.357 e. The maximum Gasteiger partial charge on any atom is 0.246 e. The third-order valence-corrected chi connectivity index (χ3v) is 4.90. The van der Waals surface area contributed by atoms with E-state index in [1.165, 1.54) is 18.4 Å². The molecule has 0 spiro atoms.